The van der Waals surface area contributed by atoms with Crippen molar-refractivity contribution in [2.45, 2.75) is 45.0 Å². The lowest BCUT2D eigenvalue weighted by atomic mass is 10.1. The lowest BCUT2D eigenvalue weighted by molar-refractivity contribution is -0.151. The largest absolute Gasteiger partial charge is 0.465 e. The second kappa shape index (κ2) is 12.4. The number of carbonyl (C=O) groups excluding carboxylic acids is 1. The Bertz CT molecular complexity index is 1480. The van der Waals surface area contributed by atoms with E-state index in [9.17, 15) is 13.6 Å². The number of benzene rings is 2. The first kappa shape index (κ1) is 27.4. The molecule has 2 aromatic carbocycles. The van der Waals surface area contributed by atoms with Crippen molar-refractivity contribution in [3.8, 4) is 22.1 Å². The maximum Gasteiger partial charge on any atom is 0.347 e. The number of rotatable bonds is 9. The van der Waals surface area contributed by atoms with Gasteiger partial charge < -0.3 is 18.9 Å². The molecule has 0 bridgehead atoms. The first-order valence-electron chi connectivity index (χ1n) is 12.5. The van der Waals surface area contributed by atoms with Gasteiger partial charge >= 0.3 is 5.97 Å². The number of hydrogen-bond donors (Lipinski definition) is 0. The molecular formula is C28H25BrF2N2O5S. The van der Waals surface area contributed by atoms with Gasteiger partial charge in [0.2, 0.25) is 12.0 Å². The Morgan fingerprint density at radius 2 is 2.03 bits per heavy atom. The number of thiophene rings is 1. The van der Waals surface area contributed by atoms with E-state index in [2.05, 4.69) is 25.9 Å². The van der Waals surface area contributed by atoms with Gasteiger partial charge in [-0.25, -0.2) is 23.5 Å². The van der Waals surface area contributed by atoms with E-state index < -0.39 is 23.7 Å². The van der Waals surface area contributed by atoms with Crippen LogP contribution in [0.15, 0.2) is 53.3 Å². The van der Waals surface area contributed by atoms with Gasteiger partial charge in [0.1, 0.15) is 16.9 Å². The van der Waals surface area contributed by atoms with Gasteiger partial charge in [-0.2, -0.15) is 0 Å². The summed E-state index contributed by atoms with van der Waals surface area (Å²) in [5, 5.41) is 0.511. The maximum atomic E-state index is 13.9. The molecule has 11 heteroatoms. The Kier molecular flexibility index (Phi) is 8.69. The quantitative estimate of drug-likeness (QED) is 0.190. The zero-order valence-electron chi connectivity index (χ0n) is 21.0. The molecule has 2 aromatic heterocycles. The lowest BCUT2D eigenvalue weighted by Gasteiger charge is -2.25. The Balaban J connectivity index is 1.46. The third-order valence-corrected chi connectivity index (χ3v) is 8.36. The standard InChI is InChI=1S/C28H25BrF2N2O5S/c1-2-35-28(34)21(14-16-7-3-4-8-20(16)37-22-9-5-6-12-36-22)38-26-23-24(29)25(39-27(23)33-15-32-26)17-10-11-18(30)19(31)13-17/h3-4,7-8,10-11,13,15,21-22H,2,5-6,9,12,14H2,1H3/t21-,22?/m1/s1. The van der Waals surface area contributed by atoms with Crippen molar-refractivity contribution in [1.29, 1.82) is 0 Å². The topological polar surface area (TPSA) is 79.8 Å². The number of para-hydroxylation sites is 1. The highest BCUT2D eigenvalue weighted by molar-refractivity contribution is 9.10. The molecule has 1 fully saturated rings. The van der Waals surface area contributed by atoms with Crippen molar-refractivity contribution >= 4 is 43.5 Å². The van der Waals surface area contributed by atoms with Crippen molar-refractivity contribution < 1.29 is 32.5 Å². The molecule has 1 aliphatic rings. The molecule has 39 heavy (non-hydrogen) atoms. The molecule has 1 saturated heterocycles. The van der Waals surface area contributed by atoms with Crippen molar-refractivity contribution in [3.05, 3.63) is 70.5 Å². The van der Waals surface area contributed by atoms with Crippen LogP contribution < -0.4 is 9.47 Å². The fourth-order valence-electron chi connectivity index (χ4n) is 4.26. The third-order valence-electron chi connectivity index (χ3n) is 6.15. The summed E-state index contributed by atoms with van der Waals surface area (Å²) in [6.07, 6.45) is 2.91. The minimum absolute atomic E-state index is 0.157. The molecule has 0 amide bonds. The van der Waals surface area contributed by atoms with Crippen LogP contribution in [0, 0.1) is 11.6 Å². The molecule has 204 valence electrons. The average Bonchev–Trinajstić information content (AvgIpc) is 3.28. The van der Waals surface area contributed by atoms with Gasteiger partial charge in [-0.1, -0.05) is 24.3 Å². The van der Waals surface area contributed by atoms with Gasteiger partial charge in [-0.05, 0) is 65.0 Å². The number of carbonyl (C=O) groups is 1. The highest BCUT2D eigenvalue weighted by atomic mass is 79.9. The SMILES string of the molecule is CCOC(=O)[C@@H](Cc1ccccc1OC1CCCCO1)Oc1ncnc2sc(-c3ccc(F)c(F)c3)c(Br)c12. The fourth-order valence-corrected chi connectivity index (χ4v) is 6.24. The van der Waals surface area contributed by atoms with Crippen molar-refractivity contribution in [2.75, 3.05) is 13.2 Å². The number of esters is 1. The fraction of sp³-hybridized carbons (Fsp3) is 0.321. The lowest BCUT2D eigenvalue weighted by Crippen LogP contribution is -2.32. The maximum absolute atomic E-state index is 13.9. The van der Waals surface area contributed by atoms with Gasteiger partial charge in [0.15, 0.2) is 17.9 Å². The van der Waals surface area contributed by atoms with Gasteiger partial charge in [-0.3, -0.25) is 0 Å². The molecule has 0 spiro atoms. The molecule has 5 rings (SSSR count). The monoisotopic (exact) mass is 618 g/mol. The molecule has 0 aliphatic carbocycles. The molecule has 2 atom stereocenters. The average molecular weight is 619 g/mol. The number of ether oxygens (including phenoxy) is 4. The van der Waals surface area contributed by atoms with E-state index in [-0.39, 0.29) is 25.2 Å². The van der Waals surface area contributed by atoms with Crippen LogP contribution in [-0.2, 0) is 20.7 Å². The molecule has 1 unspecified atom stereocenters. The molecular weight excluding hydrogens is 594 g/mol. The molecule has 3 heterocycles. The Labute approximate surface area is 236 Å². The molecule has 0 saturated carbocycles. The second-order valence-corrected chi connectivity index (χ2v) is 10.6. The van der Waals surface area contributed by atoms with Crippen LogP contribution in [0.25, 0.3) is 20.7 Å². The van der Waals surface area contributed by atoms with Crippen LogP contribution in [0.2, 0.25) is 0 Å². The summed E-state index contributed by atoms with van der Waals surface area (Å²) in [5.41, 5.74) is 1.22. The van der Waals surface area contributed by atoms with Crippen LogP contribution in [0.3, 0.4) is 0 Å². The summed E-state index contributed by atoms with van der Waals surface area (Å²) >= 11 is 4.82. The van der Waals surface area contributed by atoms with Crippen LogP contribution in [0.4, 0.5) is 8.78 Å². The van der Waals surface area contributed by atoms with E-state index in [0.717, 1.165) is 37.0 Å². The van der Waals surface area contributed by atoms with Gasteiger partial charge in [-0.15, -0.1) is 11.3 Å². The minimum Gasteiger partial charge on any atom is -0.465 e. The third kappa shape index (κ3) is 6.21. The normalized spacial score (nSPS) is 16.2. The highest BCUT2D eigenvalue weighted by Gasteiger charge is 2.28. The Morgan fingerprint density at radius 1 is 1.18 bits per heavy atom. The van der Waals surface area contributed by atoms with E-state index in [1.54, 1.807) is 6.92 Å². The van der Waals surface area contributed by atoms with E-state index in [0.29, 0.717) is 37.5 Å². The van der Waals surface area contributed by atoms with Gasteiger partial charge in [0, 0.05) is 12.8 Å². The summed E-state index contributed by atoms with van der Waals surface area (Å²) in [7, 11) is 0. The second-order valence-electron chi connectivity index (χ2n) is 8.82. The van der Waals surface area contributed by atoms with E-state index >= 15 is 0 Å². The zero-order valence-corrected chi connectivity index (χ0v) is 23.4. The highest BCUT2D eigenvalue weighted by Crippen LogP contribution is 2.44. The molecule has 0 N–H and O–H groups in total. The summed E-state index contributed by atoms with van der Waals surface area (Å²) in [6, 6.07) is 11.1. The van der Waals surface area contributed by atoms with Crippen LogP contribution in [0.1, 0.15) is 31.7 Å². The summed E-state index contributed by atoms with van der Waals surface area (Å²) in [5.74, 6) is -1.69. The van der Waals surface area contributed by atoms with Crippen LogP contribution >= 0.6 is 27.3 Å². The number of hydrogen-bond acceptors (Lipinski definition) is 8. The van der Waals surface area contributed by atoms with E-state index in [4.69, 9.17) is 18.9 Å². The smallest absolute Gasteiger partial charge is 0.347 e. The summed E-state index contributed by atoms with van der Waals surface area (Å²) in [4.78, 5) is 22.8. The molecule has 4 aromatic rings. The predicted octanol–water partition coefficient (Wildman–Crippen LogP) is 6.86. The first-order valence-corrected chi connectivity index (χ1v) is 14.1. The van der Waals surface area contributed by atoms with Gasteiger partial charge in [0.25, 0.3) is 0 Å². The van der Waals surface area contributed by atoms with E-state index in [1.165, 1.54) is 23.7 Å². The number of fused-ring (bicyclic) bond motifs is 1. The Hall–Kier alpha value is -3.15. The summed E-state index contributed by atoms with van der Waals surface area (Å²) in [6.45, 7) is 2.54. The molecule has 1 aliphatic heterocycles. The molecule has 0 radical (unpaired) electrons. The van der Waals surface area contributed by atoms with Crippen molar-refractivity contribution in [1.82, 2.24) is 9.97 Å². The molecule has 7 nitrogen and oxygen atoms in total. The van der Waals surface area contributed by atoms with Crippen molar-refractivity contribution in [2.24, 2.45) is 0 Å². The van der Waals surface area contributed by atoms with Crippen molar-refractivity contribution in [3.63, 3.8) is 0 Å². The van der Waals surface area contributed by atoms with E-state index in [1.807, 2.05) is 24.3 Å². The number of nitrogens with zero attached hydrogens (tertiary/aromatic N) is 2. The zero-order chi connectivity index (χ0) is 27.4. The van der Waals surface area contributed by atoms with Crippen LogP contribution in [-0.4, -0.2) is 41.5 Å². The predicted molar refractivity (Wildman–Crippen MR) is 146 cm³/mol. The first-order chi connectivity index (χ1) is 18.9. The number of aromatic nitrogens is 2. The minimum atomic E-state index is -1.04. The Morgan fingerprint density at radius 3 is 2.79 bits per heavy atom. The summed E-state index contributed by atoms with van der Waals surface area (Å²) < 4.78 is 51.4. The number of halogens is 3. The van der Waals surface area contributed by atoms with Gasteiger partial charge in [0.05, 0.1) is 27.9 Å². The van der Waals surface area contributed by atoms with Crippen LogP contribution in [0.5, 0.6) is 11.6 Å².